The van der Waals surface area contributed by atoms with Gasteiger partial charge in [0, 0.05) is 22.8 Å². The van der Waals surface area contributed by atoms with Crippen molar-refractivity contribution in [2.45, 2.75) is 16.8 Å². The van der Waals surface area contributed by atoms with Crippen LogP contribution < -0.4 is 0 Å². The van der Waals surface area contributed by atoms with E-state index in [1.165, 1.54) is 24.3 Å². The Morgan fingerprint density at radius 1 is 1.17 bits per heavy atom. The third-order valence-electron chi connectivity index (χ3n) is 3.07. The third kappa shape index (κ3) is 4.25. The van der Waals surface area contributed by atoms with Crippen LogP contribution in [-0.2, 0) is 11.9 Å². The third-order valence-corrected chi connectivity index (χ3v) is 4.22. The molecule has 0 bridgehead atoms. The molecule has 0 aliphatic carbocycles. The van der Waals surface area contributed by atoms with Gasteiger partial charge in [-0.1, -0.05) is 12.1 Å². The first-order valence-corrected chi connectivity index (χ1v) is 7.47. The highest BCUT2D eigenvalue weighted by Gasteiger charge is 2.34. The first kappa shape index (κ1) is 17.8. The molecule has 0 atom stereocenters. The molecule has 2 rings (SSSR count). The number of alkyl halides is 3. The number of thioether (sulfide) groups is 1. The zero-order valence-corrected chi connectivity index (χ0v) is 12.7. The molecule has 1 N–H and O–H groups in total. The second-order valence-corrected chi connectivity index (χ2v) is 5.74. The molecule has 0 saturated heterocycles. The monoisotopic (exact) mass is 357 g/mol. The Morgan fingerprint density at radius 3 is 2.29 bits per heavy atom. The lowest BCUT2D eigenvalue weighted by molar-refractivity contribution is -0.384. The summed E-state index contributed by atoms with van der Waals surface area (Å²) < 4.78 is 39.2. The van der Waals surface area contributed by atoms with Gasteiger partial charge in [-0.05, 0) is 23.8 Å². The summed E-state index contributed by atoms with van der Waals surface area (Å²) in [5.41, 5.74) is -0.956. The molecule has 0 aliphatic heterocycles. The zero-order valence-electron chi connectivity index (χ0n) is 11.9. The lowest BCUT2D eigenvalue weighted by Gasteiger charge is -2.13. The molecule has 0 fully saturated rings. The van der Waals surface area contributed by atoms with E-state index in [4.69, 9.17) is 5.11 Å². The minimum absolute atomic E-state index is 0.106. The molecule has 9 heteroatoms. The molecule has 2 aromatic rings. The van der Waals surface area contributed by atoms with Gasteiger partial charge in [-0.2, -0.15) is 13.2 Å². The summed E-state index contributed by atoms with van der Waals surface area (Å²) in [4.78, 5) is 20.7. The van der Waals surface area contributed by atoms with Crippen LogP contribution in [0, 0.1) is 10.1 Å². The molecular weight excluding hydrogens is 347 g/mol. The zero-order chi connectivity index (χ0) is 17.9. The fourth-order valence-corrected chi connectivity index (χ4v) is 2.89. The Kier molecular flexibility index (Phi) is 5.13. The van der Waals surface area contributed by atoms with Gasteiger partial charge in [0.15, 0.2) is 0 Å². The number of halogens is 3. The number of benzene rings is 2. The molecule has 0 spiro atoms. The van der Waals surface area contributed by atoms with Gasteiger partial charge in [0.1, 0.15) is 0 Å². The minimum atomic E-state index is -4.68. The summed E-state index contributed by atoms with van der Waals surface area (Å²) in [5.74, 6) is -1.28. The Balaban J connectivity index is 2.22. The van der Waals surface area contributed by atoms with E-state index in [1.54, 1.807) is 0 Å². The van der Waals surface area contributed by atoms with Crippen LogP contribution in [0.4, 0.5) is 18.9 Å². The minimum Gasteiger partial charge on any atom is -0.478 e. The summed E-state index contributed by atoms with van der Waals surface area (Å²) in [6.07, 6.45) is -4.68. The van der Waals surface area contributed by atoms with E-state index in [9.17, 15) is 28.1 Å². The maximum absolute atomic E-state index is 13.1. The van der Waals surface area contributed by atoms with Crippen LogP contribution in [0.2, 0.25) is 0 Å². The lowest BCUT2D eigenvalue weighted by atomic mass is 10.1. The van der Waals surface area contributed by atoms with E-state index >= 15 is 0 Å². The lowest BCUT2D eigenvalue weighted by Crippen LogP contribution is -2.09. The van der Waals surface area contributed by atoms with E-state index in [-0.39, 0.29) is 16.3 Å². The summed E-state index contributed by atoms with van der Waals surface area (Å²) in [6, 6.07) is 8.29. The highest BCUT2D eigenvalue weighted by molar-refractivity contribution is 7.98. The standard InChI is InChI=1S/C15H10F3NO4S/c16-15(17,18)12-7-10(14(20)21)3-6-13(12)24-8-9-1-4-11(5-2-9)19(22)23/h1-7H,8H2,(H,20,21). The van der Waals surface area contributed by atoms with Crippen LogP contribution >= 0.6 is 11.8 Å². The molecule has 0 radical (unpaired) electrons. The summed E-state index contributed by atoms with van der Waals surface area (Å²) >= 11 is 0.879. The Morgan fingerprint density at radius 2 is 1.79 bits per heavy atom. The number of carbonyl (C=O) groups is 1. The number of hydrogen-bond acceptors (Lipinski definition) is 4. The van der Waals surface area contributed by atoms with Crippen molar-refractivity contribution in [2.75, 3.05) is 0 Å². The van der Waals surface area contributed by atoms with Crippen LogP contribution in [-0.4, -0.2) is 16.0 Å². The van der Waals surface area contributed by atoms with Gasteiger partial charge >= 0.3 is 12.1 Å². The number of nitrogens with zero attached hydrogens (tertiary/aromatic N) is 1. The van der Waals surface area contributed by atoms with Gasteiger partial charge in [-0.15, -0.1) is 11.8 Å². The van der Waals surface area contributed by atoms with Crippen molar-refractivity contribution < 1.29 is 28.0 Å². The molecule has 0 unspecified atom stereocenters. The topological polar surface area (TPSA) is 80.4 Å². The van der Waals surface area contributed by atoms with Crippen LogP contribution in [0.25, 0.3) is 0 Å². The Hall–Kier alpha value is -2.55. The van der Waals surface area contributed by atoms with E-state index in [1.807, 2.05) is 0 Å². The predicted molar refractivity (Wildman–Crippen MR) is 81.1 cm³/mol. The quantitative estimate of drug-likeness (QED) is 0.480. The first-order chi connectivity index (χ1) is 11.2. The highest BCUT2D eigenvalue weighted by atomic mass is 32.2. The van der Waals surface area contributed by atoms with Crippen molar-refractivity contribution >= 4 is 23.4 Å². The number of hydrogen-bond donors (Lipinski definition) is 1. The van der Waals surface area contributed by atoms with Crippen LogP contribution in [0.15, 0.2) is 47.4 Å². The molecule has 24 heavy (non-hydrogen) atoms. The van der Waals surface area contributed by atoms with E-state index in [0.717, 1.165) is 23.9 Å². The van der Waals surface area contributed by atoms with Gasteiger partial charge in [0.05, 0.1) is 16.1 Å². The number of nitro benzene ring substituents is 1. The van der Waals surface area contributed by atoms with E-state index in [0.29, 0.717) is 11.6 Å². The normalized spacial score (nSPS) is 11.3. The second-order valence-electron chi connectivity index (χ2n) is 4.73. The van der Waals surface area contributed by atoms with Crippen molar-refractivity contribution in [3.05, 3.63) is 69.3 Å². The smallest absolute Gasteiger partial charge is 0.417 e. The van der Waals surface area contributed by atoms with Gasteiger partial charge < -0.3 is 5.11 Å². The molecule has 0 aliphatic rings. The fourth-order valence-electron chi connectivity index (χ4n) is 1.89. The summed E-state index contributed by atoms with van der Waals surface area (Å²) in [6.45, 7) is 0. The summed E-state index contributed by atoms with van der Waals surface area (Å²) in [5, 5.41) is 19.4. The average molecular weight is 357 g/mol. The number of aromatic carboxylic acids is 1. The SMILES string of the molecule is O=C(O)c1ccc(SCc2ccc([N+](=O)[O-])cc2)c(C(F)(F)F)c1. The number of rotatable bonds is 5. The van der Waals surface area contributed by atoms with E-state index in [2.05, 4.69) is 0 Å². The average Bonchev–Trinajstić information content (AvgIpc) is 2.52. The van der Waals surface area contributed by atoms with Crippen molar-refractivity contribution in [2.24, 2.45) is 0 Å². The molecule has 5 nitrogen and oxygen atoms in total. The van der Waals surface area contributed by atoms with Gasteiger partial charge in [-0.3, -0.25) is 10.1 Å². The molecule has 0 saturated carbocycles. The van der Waals surface area contributed by atoms with Crippen molar-refractivity contribution in [1.82, 2.24) is 0 Å². The number of carboxylic acids is 1. The van der Waals surface area contributed by atoms with Crippen molar-refractivity contribution in [3.8, 4) is 0 Å². The number of non-ortho nitro benzene ring substituents is 1. The van der Waals surface area contributed by atoms with Gasteiger partial charge in [-0.25, -0.2) is 4.79 Å². The maximum Gasteiger partial charge on any atom is 0.417 e. The summed E-state index contributed by atoms with van der Waals surface area (Å²) in [7, 11) is 0. The van der Waals surface area contributed by atoms with Gasteiger partial charge in [0.25, 0.3) is 5.69 Å². The Labute approximate surface area is 138 Å². The second kappa shape index (κ2) is 6.91. The molecule has 2 aromatic carbocycles. The first-order valence-electron chi connectivity index (χ1n) is 6.49. The fraction of sp³-hybridized carbons (Fsp3) is 0.133. The van der Waals surface area contributed by atoms with Gasteiger partial charge in [0.2, 0.25) is 0 Å². The Bertz CT molecular complexity index is 775. The number of nitro groups is 1. The van der Waals surface area contributed by atoms with Crippen LogP contribution in [0.5, 0.6) is 0 Å². The highest BCUT2D eigenvalue weighted by Crippen LogP contribution is 2.38. The number of carboxylic acid groups (broad SMARTS) is 1. The van der Waals surface area contributed by atoms with Crippen LogP contribution in [0.1, 0.15) is 21.5 Å². The largest absolute Gasteiger partial charge is 0.478 e. The van der Waals surface area contributed by atoms with E-state index < -0.39 is 28.2 Å². The molecule has 126 valence electrons. The molecule has 0 aromatic heterocycles. The molecular formula is C15H10F3NO4S. The van der Waals surface area contributed by atoms with Crippen molar-refractivity contribution in [1.29, 1.82) is 0 Å². The predicted octanol–water partition coefficient (Wildman–Crippen LogP) is 4.60. The molecule has 0 heterocycles. The van der Waals surface area contributed by atoms with Crippen LogP contribution in [0.3, 0.4) is 0 Å². The molecule has 0 amide bonds. The van der Waals surface area contributed by atoms with Crippen molar-refractivity contribution in [3.63, 3.8) is 0 Å². The maximum atomic E-state index is 13.1.